The van der Waals surface area contributed by atoms with Gasteiger partial charge in [0.15, 0.2) is 11.5 Å². The number of methoxy groups -OCH3 is 2. The van der Waals surface area contributed by atoms with Crippen LogP contribution in [-0.2, 0) is 0 Å². The average molecular weight is 388 g/mol. The predicted octanol–water partition coefficient (Wildman–Crippen LogP) is 4.58. The first-order valence-electron chi connectivity index (χ1n) is 7.51. The molecule has 24 heavy (non-hydrogen) atoms. The fourth-order valence-electron chi connectivity index (χ4n) is 2.54. The smallest absolute Gasteiger partial charge is 0.162 e. The molecule has 1 unspecified atom stereocenters. The summed E-state index contributed by atoms with van der Waals surface area (Å²) < 4.78 is 11.8. The maximum Gasteiger partial charge on any atom is 0.162 e. The Labute approximate surface area is 149 Å². The number of hydrogen-bond donors (Lipinski definition) is 1. The van der Waals surface area contributed by atoms with Crippen LogP contribution in [0.5, 0.6) is 11.5 Å². The monoisotopic (exact) mass is 387 g/mol. The van der Waals surface area contributed by atoms with Gasteiger partial charge in [-0.15, -0.1) is 0 Å². The largest absolute Gasteiger partial charge is 0.493 e. The summed E-state index contributed by atoms with van der Waals surface area (Å²) in [5.74, 6) is 2.06. The van der Waals surface area contributed by atoms with Gasteiger partial charge in [-0.3, -0.25) is 0 Å². The van der Waals surface area contributed by atoms with Crippen molar-refractivity contribution < 1.29 is 9.47 Å². The highest BCUT2D eigenvalue weighted by molar-refractivity contribution is 9.10. The number of aromatic nitrogens is 2. The van der Waals surface area contributed by atoms with E-state index in [1.54, 1.807) is 20.5 Å². The summed E-state index contributed by atoms with van der Waals surface area (Å²) in [5, 5.41) is 4.33. The molecule has 1 heterocycles. The lowest BCUT2D eigenvalue weighted by Gasteiger charge is -2.17. The van der Waals surface area contributed by atoms with Crippen LogP contribution in [0.15, 0.2) is 47.2 Å². The number of rotatable bonds is 5. The van der Waals surface area contributed by atoms with Crippen LogP contribution >= 0.6 is 15.9 Å². The van der Waals surface area contributed by atoms with E-state index in [0.717, 1.165) is 21.2 Å². The highest BCUT2D eigenvalue weighted by Gasteiger charge is 2.13. The molecule has 0 saturated carbocycles. The number of nitrogens with zero attached hydrogens (tertiary/aromatic N) is 2. The summed E-state index contributed by atoms with van der Waals surface area (Å²) in [7, 11) is 3.23. The molecule has 0 aliphatic heterocycles. The molecule has 1 aromatic heterocycles. The first-order valence-corrected chi connectivity index (χ1v) is 8.30. The molecule has 0 bridgehead atoms. The lowest BCUT2D eigenvalue weighted by molar-refractivity contribution is 0.356. The molecule has 1 N–H and O–H groups in total. The van der Waals surface area contributed by atoms with E-state index in [0.29, 0.717) is 11.5 Å². The standard InChI is InChI=1S/C18H18BrN3O2/c1-11(12-4-6-13(19)7-5-12)22-18-14-8-16(23-2)17(24-3)9-15(14)20-10-21-18/h4-11H,1-3H3,(H,20,21,22). The van der Waals surface area contributed by atoms with Gasteiger partial charge in [-0.25, -0.2) is 9.97 Å². The van der Waals surface area contributed by atoms with E-state index >= 15 is 0 Å². The van der Waals surface area contributed by atoms with Crippen molar-refractivity contribution in [1.29, 1.82) is 0 Å². The van der Waals surface area contributed by atoms with E-state index in [-0.39, 0.29) is 6.04 Å². The molecule has 5 nitrogen and oxygen atoms in total. The number of anilines is 1. The molecule has 0 aliphatic rings. The second kappa shape index (κ2) is 7.05. The van der Waals surface area contributed by atoms with E-state index in [1.165, 1.54) is 5.56 Å². The van der Waals surface area contributed by atoms with Gasteiger partial charge in [0.2, 0.25) is 0 Å². The molecule has 6 heteroatoms. The molecule has 0 fully saturated rings. The summed E-state index contributed by atoms with van der Waals surface area (Å²) in [5.41, 5.74) is 1.97. The van der Waals surface area contributed by atoms with Crippen LogP contribution in [-0.4, -0.2) is 24.2 Å². The molecule has 0 radical (unpaired) electrons. The zero-order valence-electron chi connectivity index (χ0n) is 13.7. The average Bonchev–Trinajstić information content (AvgIpc) is 2.61. The molecule has 0 spiro atoms. The molecule has 0 aliphatic carbocycles. The van der Waals surface area contributed by atoms with E-state index < -0.39 is 0 Å². The molecule has 3 rings (SSSR count). The number of halogens is 1. The van der Waals surface area contributed by atoms with Crippen molar-refractivity contribution in [2.24, 2.45) is 0 Å². The number of hydrogen-bond acceptors (Lipinski definition) is 5. The van der Waals surface area contributed by atoms with Crippen LogP contribution in [0.25, 0.3) is 10.9 Å². The van der Waals surface area contributed by atoms with Crippen molar-refractivity contribution in [3.05, 3.63) is 52.8 Å². The molecular weight excluding hydrogens is 370 g/mol. The third-order valence-electron chi connectivity index (χ3n) is 3.86. The van der Waals surface area contributed by atoms with Gasteiger partial charge in [-0.1, -0.05) is 28.1 Å². The van der Waals surface area contributed by atoms with Gasteiger partial charge in [-0.2, -0.15) is 0 Å². The zero-order chi connectivity index (χ0) is 17.1. The molecule has 1 atom stereocenters. The third kappa shape index (κ3) is 3.28. The van der Waals surface area contributed by atoms with Gasteiger partial charge < -0.3 is 14.8 Å². The van der Waals surface area contributed by atoms with Crippen LogP contribution in [0, 0.1) is 0 Å². The van der Waals surface area contributed by atoms with E-state index in [2.05, 4.69) is 50.3 Å². The Kier molecular flexibility index (Phi) is 4.85. The van der Waals surface area contributed by atoms with Gasteiger partial charge in [0, 0.05) is 22.0 Å². The zero-order valence-corrected chi connectivity index (χ0v) is 15.3. The summed E-state index contributed by atoms with van der Waals surface area (Å²) in [6, 6.07) is 12.1. The minimum Gasteiger partial charge on any atom is -0.493 e. The minimum absolute atomic E-state index is 0.101. The van der Waals surface area contributed by atoms with Gasteiger partial charge in [0.1, 0.15) is 12.1 Å². The number of ether oxygens (including phenoxy) is 2. The Morgan fingerprint density at radius 1 is 1.00 bits per heavy atom. The van der Waals surface area contributed by atoms with Crippen LogP contribution in [0.2, 0.25) is 0 Å². The third-order valence-corrected chi connectivity index (χ3v) is 4.39. The molecule has 3 aromatic rings. The summed E-state index contributed by atoms with van der Waals surface area (Å²) in [4.78, 5) is 8.72. The normalized spacial score (nSPS) is 12.0. The predicted molar refractivity (Wildman–Crippen MR) is 98.8 cm³/mol. The van der Waals surface area contributed by atoms with Gasteiger partial charge in [0.05, 0.1) is 19.7 Å². The minimum atomic E-state index is 0.101. The Hall–Kier alpha value is -2.34. The highest BCUT2D eigenvalue weighted by Crippen LogP contribution is 2.34. The van der Waals surface area contributed by atoms with Gasteiger partial charge in [-0.05, 0) is 30.7 Å². The maximum atomic E-state index is 5.39. The number of benzene rings is 2. The lowest BCUT2D eigenvalue weighted by Crippen LogP contribution is -2.08. The Bertz CT molecular complexity index is 853. The van der Waals surface area contributed by atoms with Crippen LogP contribution < -0.4 is 14.8 Å². The molecule has 2 aromatic carbocycles. The molecular formula is C18H18BrN3O2. The van der Waals surface area contributed by atoms with Crippen molar-refractivity contribution in [1.82, 2.24) is 9.97 Å². The van der Waals surface area contributed by atoms with Crippen molar-refractivity contribution in [2.75, 3.05) is 19.5 Å². The molecule has 124 valence electrons. The highest BCUT2D eigenvalue weighted by atomic mass is 79.9. The Morgan fingerprint density at radius 2 is 1.67 bits per heavy atom. The van der Waals surface area contributed by atoms with Crippen LogP contribution in [0.3, 0.4) is 0 Å². The molecule has 0 amide bonds. The second-order valence-electron chi connectivity index (χ2n) is 5.36. The van der Waals surface area contributed by atoms with E-state index in [9.17, 15) is 0 Å². The van der Waals surface area contributed by atoms with E-state index in [4.69, 9.17) is 9.47 Å². The second-order valence-corrected chi connectivity index (χ2v) is 6.28. The van der Waals surface area contributed by atoms with Crippen LogP contribution in [0.4, 0.5) is 5.82 Å². The van der Waals surface area contributed by atoms with Crippen molar-refractivity contribution in [2.45, 2.75) is 13.0 Å². The topological polar surface area (TPSA) is 56.3 Å². The fraction of sp³-hybridized carbons (Fsp3) is 0.222. The first kappa shape index (κ1) is 16.5. The SMILES string of the molecule is COc1cc2ncnc(NC(C)c3ccc(Br)cc3)c2cc1OC. The summed E-state index contributed by atoms with van der Waals surface area (Å²) >= 11 is 3.46. The van der Waals surface area contributed by atoms with Gasteiger partial charge >= 0.3 is 0 Å². The number of nitrogens with one attached hydrogen (secondary N) is 1. The van der Waals surface area contributed by atoms with Crippen molar-refractivity contribution >= 4 is 32.7 Å². The quantitative estimate of drug-likeness (QED) is 0.693. The first-order chi connectivity index (χ1) is 11.6. The van der Waals surface area contributed by atoms with Crippen LogP contribution in [0.1, 0.15) is 18.5 Å². The van der Waals surface area contributed by atoms with Crippen molar-refractivity contribution in [3.8, 4) is 11.5 Å². The van der Waals surface area contributed by atoms with Gasteiger partial charge in [0.25, 0.3) is 0 Å². The summed E-state index contributed by atoms with van der Waals surface area (Å²) in [6.07, 6.45) is 1.55. The fourth-order valence-corrected chi connectivity index (χ4v) is 2.80. The summed E-state index contributed by atoms with van der Waals surface area (Å²) in [6.45, 7) is 2.10. The number of fused-ring (bicyclic) bond motifs is 1. The maximum absolute atomic E-state index is 5.39. The Balaban J connectivity index is 1.98. The van der Waals surface area contributed by atoms with E-state index in [1.807, 2.05) is 24.3 Å². The Morgan fingerprint density at radius 3 is 2.33 bits per heavy atom. The van der Waals surface area contributed by atoms with Crippen molar-refractivity contribution in [3.63, 3.8) is 0 Å². The molecule has 0 saturated heterocycles. The lowest BCUT2D eigenvalue weighted by atomic mass is 10.1.